The number of rotatable bonds is 2. The van der Waals surface area contributed by atoms with Gasteiger partial charge in [0.1, 0.15) is 0 Å². The quantitative estimate of drug-likeness (QED) is 0.644. The van der Waals surface area contributed by atoms with Gasteiger partial charge in [0.2, 0.25) is 0 Å². The van der Waals surface area contributed by atoms with Crippen molar-refractivity contribution >= 4 is 5.97 Å². The Balaban J connectivity index is 3.99. The molecule has 0 aliphatic carbocycles. The molecule has 0 aromatic rings. The van der Waals surface area contributed by atoms with E-state index in [-0.39, 0.29) is 5.57 Å². The van der Waals surface area contributed by atoms with Gasteiger partial charge in [-0.25, -0.2) is 0 Å². The minimum atomic E-state index is -1.70. The number of hydrogen-bond donors (Lipinski definition) is 1. The molecule has 0 atom stereocenters. The summed E-state index contributed by atoms with van der Waals surface area (Å²) in [5, 5.41) is 8.13. The molecule has 1 N–H and O–H groups in total. The second kappa shape index (κ2) is 3.84. The summed E-state index contributed by atoms with van der Waals surface area (Å²) in [4.78, 5) is 9.91. The van der Waals surface area contributed by atoms with Gasteiger partial charge in [-0.05, 0) is 0 Å². The van der Waals surface area contributed by atoms with E-state index in [1.54, 1.807) is 0 Å². The van der Waals surface area contributed by atoms with Crippen molar-refractivity contribution in [2.24, 2.45) is 0 Å². The van der Waals surface area contributed by atoms with Crippen molar-refractivity contribution in [2.45, 2.75) is 6.92 Å². The van der Waals surface area contributed by atoms with Crippen molar-refractivity contribution in [1.29, 1.82) is 0 Å². The summed E-state index contributed by atoms with van der Waals surface area (Å²) in [6.45, 7) is 1.43. The van der Waals surface area contributed by atoms with Crippen LogP contribution < -0.4 is 0 Å². The van der Waals surface area contributed by atoms with Crippen LogP contribution in [0.15, 0.2) is 9.36 Å². The SMILES string of the molecule is CC(=[CH][Zr]=[O])C(=O)O. The van der Waals surface area contributed by atoms with Crippen molar-refractivity contribution in [3.05, 3.63) is 9.36 Å². The summed E-state index contributed by atoms with van der Waals surface area (Å²) in [5.41, 5.74) is 0.187. The van der Waals surface area contributed by atoms with Crippen LogP contribution in [0.4, 0.5) is 0 Å². The molecule has 0 aromatic carbocycles. The van der Waals surface area contributed by atoms with E-state index in [9.17, 15) is 7.61 Å². The Kier molecular flexibility index (Phi) is 3.79. The van der Waals surface area contributed by atoms with Crippen molar-refractivity contribution in [3.8, 4) is 0 Å². The first-order valence-corrected chi connectivity index (χ1v) is 4.38. The van der Waals surface area contributed by atoms with E-state index in [1.807, 2.05) is 0 Å². The summed E-state index contributed by atoms with van der Waals surface area (Å²) in [7, 11) is 0. The van der Waals surface area contributed by atoms with Gasteiger partial charge in [0.25, 0.3) is 0 Å². The molecule has 0 aliphatic rings. The molecule has 0 bridgehead atoms. The second-order valence-corrected chi connectivity index (χ2v) is 2.54. The average molecular weight is 192 g/mol. The third-order valence-electron chi connectivity index (χ3n) is 0.613. The van der Waals surface area contributed by atoms with Gasteiger partial charge in [0, 0.05) is 0 Å². The van der Waals surface area contributed by atoms with Crippen LogP contribution in [0.25, 0.3) is 0 Å². The number of hydrogen-bond acceptors (Lipinski definition) is 2. The number of aliphatic carboxylic acids is 1. The fourth-order valence-electron chi connectivity index (χ4n) is 0.150. The molecule has 0 radical (unpaired) electrons. The first-order chi connectivity index (χ1) is 3.68. The van der Waals surface area contributed by atoms with E-state index < -0.39 is 29.2 Å². The molecule has 0 rings (SSSR count). The summed E-state index contributed by atoms with van der Waals surface area (Å²) >= 11 is -1.70. The molecular weight excluding hydrogens is 187 g/mol. The molecular formula is C4H5O3Zr. The van der Waals surface area contributed by atoms with Crippen LogP contribution in [-0.4, -0.2) is 11.1 Å². The Morgan fingerprint density at radius 2 is 2.25 bits per heavy atom. The van der Waals surface area contributed by atoms with Crippen molar-refractivity contribution in [1.82, 2.24) is 0 Å². The Morgan fingerprint density at radius 3 is 2.38 bits per heavy atom. The van der Waals surface area contributed by atoms with E-state index >= 15 is 0 Å². The van der Waals surface area contributed by atoms with E-state index in [1.165, 1.54) is 10.7 Å². The molecule has 0 aromatic heterocycles. The maximum atomic E-state index is 9.91. The first kappa shape index (κ1) is 7.89. The fraction of sp³-hybridized carbons (Fsp3) is 0.250. The fourth-order valence-corrected chi connectivity index (χ4v) is 0.888. The Bertz CT molecular complexity index is 138. The van der Waals surface area contributed by atoms with E-state index in [2.05, 4.69) is 0 Å². The topological polar surface area (TPSA) is 54.4 Å². The third-order valence-corrected chi connectivity index (χ3v) is 1.97. The zero-order valence-corrected chi connectivity index (χ0v) is 6.80. The Hall–Kier alpha value is -0.107. The molecule has 0 unspecified atom stereocenters. The minimum absolute atomic E-state index is 0.187. The average Bonchev–Trinajstić information content (AvgIpc) is 1.67. The summed E-state index contributed by atoms with van der Waals surface area (Å²) in [5.74, 6) is -0.984. The molecule has 0 spiro atoms. The van der Waals surface area contributed by atoms with Gasteiger partial charge in [-0.15, -0.1) is 0 Å². The first-order valence-electron chi connectivity index (χ1n) is 1.96. The standard InChI is InChI=1S/C4H5O2.O.Zr/c1-3(2)4(5)6;;/h1H,2H3,(H,5,6);;. The van der Waals surface area contributed by atoms with E-state index in [0.717, 1.165) is 0 Å². The summed E-state index contributed by atoms with van der Waals surface area (Å²) in [6.07, 6.45) is 0. The molecule has 0 saturated carbocycles. The number of carboxylic acids is 1. The number of carbonyl (C=O) groups is 1. The molecule has 0 aliphatic heterocycles. The van der Waals surface area contributed by atoms with Crippen LogP contribution in [-0.2, 0) is 30.8 Å². The van der Waals surface area contributed by atoms with Crippen molar-refractivity contribution in [2.75, 3.05) is 0 Å². The van der Waals surface area contributed by atoms with Crippen molar-refractivity contribution < 1.29 is 36.0 Å². The predicted octanol–water partition coefficient (Wildman–Crippen LogP) is 0.403. The molecule has 0 saturated heterocycles. The Morgan fingerprint density at radius 1 is 1.75 bits per heavy atom. The van der Waals surface area contributed by atoms with Crippen molar-refractivity contribution in [3.63, 3.8) is 0 Å². The van der Waals surface area contributed by atoms with Crippen LogP contribution in [0, 0.1) is 0 Å². The van der Waals surface area contributed by atoms with Gasteiger partial charge in [-0.2, -0.15) is 0 Å². The van der Waals surface area contributed by atoms with Gasteiger partial charge >= 0.3 is 58.2 Å². The zero-order chi connectivity index (χ0) is 6.57. The monoisotopic (exact) mass is 191 g/mol. The molecule has 8 heavy (non-hydrogen) atoms. The molecule has 4 heteroatoms. The molecule has 0 heterocycles. The Labute approximate surface area is 58.4 Å². The molecule has 0 fully saturated rings. The molecule has 43 valence electrons. The second-order valence-electron chi connectivity index (χ2n) is 1.25. The van der Waals surface area contributed by atoms with Crippen LogP contribution in [0.1, 0.15) is 6.92 Å². The van der Waals surface area contributed by atoms with Gasteiger partial charge < -0.3 is 0 Å². The number of carboxylic acid groups (broad SMARTS) is 1. The summed E-state index contributed by atoms with van der Waals surface area (Å²) < 4.78 is 11.2. The van der Waals surface area contributed by atoms with Gasteiger partial charge in [-0.1, -0.05) is 0 Å². The summed E-state index contributed by atoms with van der Waals surface area (Å²) in [6, 6.07) is 0. The zero-order valence-electron chi connectivity index (χ0n) is 4.34. The van der Waals surface area contributed by atoms with Crippen LogP contribution >= 0.6 is 0 Å². The van der Waals surface area contributed by atoms with Crippen LogP contribution in [0.3, 0.4) is 0 Å². The molecule has 0 amide bonds. The van der Waals surface area contributed by atoms with Gasteiger partial charge in [0.15, 0.2) is 0 Å². The van der Waals surface area contributed by atoms with E-state index in [0.29, 0.717) is 0 Å². The van der Waals surface area contributed by atoms with Gasteiger partial charge in [-0.3, -0.25) is 0 Å². The predicted molar refractivity (Wildman–Crippen MR) is 22.1 cm³/mol. The maximum absolute atomic E-state index is 9.91. The van der Waals surface area contributed by atoms with E-state index in [4.69, 9.17) is 5.11 Å². The third kappa shape index (κ3) is 2.97. The van der Waals surface area contributed by atoms with Crippen LogP contribution in [0.5, 0.6) is 0 Å². The van der Waals surface area contributed by atoms with Gasteiger partial charge in [0.05, 0.1) is 0 Å². The molecule has 3 nitrogen and oxygen atoms in total. The normalized spacial score (nSPS) is 10.4. The van der Waals surface area contributed by atoms with Crippen LogP contribution in [0.2, 0.25) is 0 Å².